The summed E-state index contributed by atoms with van der Waals surface area (Å²) in [6.07, 6.45) is -1.84. The normalized spacial score (nSPS) is 34.9. The van der Waals surface area contributed by atoms with Gasteiger partial charge in [-0.2, -0.15) is 0 Å². The number of ether oxygens (including phenoxy) is 5. The van der Waals surface area contributed by atoms with Crippen LogP contribution in [0.2, 0.25) is 0 Å². The van der Waals surface area contributed by atoms with Crippen molar-refractivity contribution in [3.05, 3.63) is 66.1 Å². The number of carbonyl (C=O) groups excluding carboxylic acids is 4. The summed E-state index contributed by atoms with van der Waals surface area (Å²) in [6.45, 7) is 6.42. The molecule has 2 heterocycles. The first-order valence-corrected chi connectivity index (χ1v) is 14.8. The highest BCUT2D eigenvalue weighted by molar-refractivity contribution is 5.87. The molecule has 2 aliphatic carbocycles. The number of benzene rings is 1. The highest BCUT2D eigenvalue weighted by Gasteiger charge is 2.86. The van der Waals surface area contributed by atoms with Crippen LogP contribution in [0.1, 0.15) is 63.6 Å². The van der Waals surface area contributed by atoms with Crippen LogP contribution in [-0.2, 0) is 38.1 Å². The van der Waals surface area contributed by atoms with Crippen molar-refractivity contribution >= 4 is 30.0 Å². The van der Waals surface area contributed by atoms with Crippen LogP contribution in [0.15, 0.2) is 59.2 Å². The quantitative estimate of drug-likeness (QED) is 0.250. The summed E-state index contributed by atoms with van der Waals surface area (Å²) in [6, 6.07) is 11.9. The smallest absolute Gasteiger partial charge is 0.374 e. The summed E-state index contributed by atoms with van der Waals surface area (Å²) < 4.78 is 35.5. The Morgan fingerprint density at radius 3 is 2.31 bits per heavy atom. The number of furan rings is 1. The van der Waals surface area contributed by atoms with Crippen LogP contribution in [0.5, 0.6) is 0 Å². The van der Waals surface area contributed by atoms with E-state index in [1.807, 2.05) is 6.07 Å². The molecule has 5 rings (SSSR count). The van der Waals surface area contributed by atoms with Gasteiger partial charge < -0.3 is 38.3 Å². The predicted molar refractivity (Wildman–Crippen MR) is 155 cm³/mol. The predicted octanol–water partition coefficient (Wildman–Crippen LogP) is 2.99. The third-order valence-corrected chi connectivity index (χ3v) is 9.35. The third-order valence-electron chi connectivity index (χ3n) is 9.35. The molecule has 3 fully saturated rings. The van der Waals surface area contributed by atoms with Gasteiger partial charge in [-0.3, -0.25) is 9.59 Å². The van der Waals surface area contributed by atoms with Gasteiger partial charge in [-0.25, -0.2) is 9.59 Å². The Balaban J connectivity index is 1.72. The van der Waals surface area contributed by atoms with Crippen molar-refractivity contribution in [2.75, 3.05) is 6.61 Å². The average Bonchev–Trinajstić information content (AvgIpc) is 3.56. The van der Waals surface area contributed by atoms with Crippen molar-refractivity contribution < 1.29 is 57.5 Å². The van der Waals surface area contributed by atoms with Crippen molar-refractivity contribution in [3.8, 4) is 0 Å². The summed E-state index contributed by atoms with van der Waals surface area (Å²) in [5, 5.41) is 24.3. The fraction of sp³-hybridized carbons (Fsp3) is 0.515. The summed E-state index contributed by atoms with van der Waals surface area (Å²) in [4.78, 5) is 51.9. The zero-order valence-corrected chi connectivity index (χ0v) is 25.8. The van der Waals surface area contributed by atoms with Crippen molar-refractivity contribution in [2.45, 2.75) is 88.7 Å². The number of rotatable bonds is 8. The van der Waals surface area contributed by atoms with Gasteiger partial charge in [0.1, 0.15) is 29.8 Å². The molecule has 1 saturated heterocycles. The van der Waals surface area contributed by atoms with E-state index >= 15 is 0 Å². The topological polar surface area (TPSA) is 168 Å². The maximum Gasteiger partial charge on any atom is 0.374 e. The molecule has 0 radical (unpaired) electrons. The molecule has 1 unspecified atom stereocenters. The van der Waals surface area contributed by atoms with Crippen LogP contribution in [0.3, 0.4) is 0 Å². The Morgan fingerprint density at radius 1 is 0.978 bits per heavy atom. The van der Waals surface area contributed by atoms with E-state index in [4.69, 9.17) is 28.1 Å². The number of fused-ring (bicyclic) bond motifs is 1. The average molecular weight is 627 g/mol. The molecule has 1 aromatic carbocycles. The second kappa shape index (κ2) is 11.7. The van der Waals surface area contributed by atoms with Crippen LogP contribution in [-0.4, -0.2) is 81.9 Å². The number of hydrogen-bond donors (Lipinski definition) is 2. The molecule has 242 valence electrons. The van der Waals surface area contributed by atoms with Crippen LogP contribution in [0.4, 0.5) is 0 Å². The second-order valence-electron chi connectivity index (χ2n) is 12.6. The van der Waals surface area contributed by atoms with E-state index in [1.54, 1.807) is 44.2 Å². The fourth-order valence-corrected chi connectivity index (χ4v) is 7.66. The van der Waals surface area contributed by atoms with Crippen molar-refractivity contribution in [1.82, 2.24) is 0 Å². The van der Waals surface area contributed by atoms with Crippen molar-refractivity contribution in [1.29, 1.82) is 0 Å². The summed E-state index contributed by atoms with van der Waals surface area (Å²) in [5.41, 5.74) is -6.47. The lowest BCUT2D eigenvalue weighted by Crippen LogP contribution is -2.83. The monoisotopic (exact) mass is 626 g/mol. The molecule has 0 amide bonds. The molecular weight excluding hydrogens is 588 g/mol. The molecule has 1 aromatic heterocycles. The lowest BCUT2D eigenvalue weighted by atomic mass is 9.46. The van der Waals surface area contributed by atoms with E-state index in [-0.39, 0.29) is 18.6 Å². The minimum atomic E-state index is -2.05. The molecule has 3 aliphatic rings. The molecule has 2 bridgehead atoms. The number of hydrogen-bond acceptors (Lipinski definition) is 12. The molecular formula is C33H38O12. The minimum Gasteiger partial charge on any atom is -0.465 e. The maximum absolute atomic E-state index is 13.5. The Kier molecular flexibility index (Phi) is 8.45. The van der Waals surface area contributed by atoms with Crippen LogP contribution < -0.4 is 0 Å². The molecule has 1 aliphatic heterocycles. The van der Waals surface area contributed by atoms with Gasteiger partial charge in [-0.1, -0.05) is 30.3 Å². The Labute approximate surface area is 260 Å². The van der Waals surface area contributed by atoms with Gasteiger partial charge in [0.05, 0.1) is 29.5 Å². The lowest BCUT2D eigenvalue weighted by molar-refractivity contribution is -0.348. The second-order valence-corrected chi connectivity index (χ2v) is 12.6. The molecule has 2 aromatic rings. The summed E-state index contributed by atoms with van der Waals surface area (Å²) in [5.74, 6) is -4.49. The van der Waals surface area contributed by atoms with E-state index in [0.29, 0.717) is 0 Å². The number of aliphatic hydroxyl groups excluding tert-OH is 1. The lowest BCUT2D eigenvalue weighted by Gasteiger charge is -2.65. The van der Waals surface area contributed by atoms with E-state index in [1.165, 1.54) is 31.4 Å². The summed E-state index contributed by atoms with van der Waals surface area (Å²) >= 11 is 0. The van der Waals surface area contributed by atoms with Crippen LogP contribution >= 0.6 is 0 Å². The number of esters is 4. The first kappa shape index (κ1) is 32.4. The molecule has 2 saturated carbocycles. The van der Waals surface area contributed by atoms with Gasteiger partial charge in [0.15, 0.2) is 6.10 Å². The highest BCUT2D eigenvalue weighted by Crippen LogP contribution is 2.68. The largest absolute Gasteiger partial charge is 0.465 e. The molecule has 1 spiro atoms. The first-order chi connectivity index (χ1) is 21.2. The zero-order chi connectivity index (χ0) is 32.8. The van der Waals surface area contributed by atoms with Gasteiger partial charge >= 0.3 is 23.9 Å². The van der Waals surface area contributed by atoms with E-state index in [2.05, 4.69) is 0 Å². The van der Waals surface area contributed by atoms with Crippen LogP contribution in [0, 0.1) is 11.3 Å². The Hall–Kier alpha value is -4.00. The molecule has 12 heteroatoms. The molecule has 12 nitrogen and oxygen atoms in total. The minimum absolute atomic E-state index is 0.0217. The van der Waals surface area contributed by atoms with Gasteiger partial charge in [0.25, 0.3) is 0 Å². The highest BCUT2D eigenvalue weighted by atomic mass is 16.6. The molecule has 2 N–H and O–H groups in total. The number of aliphatic hydroxyl groups is 2. The zero-order valence-electron chi connectivity index (χ0n) is 25.8. The van der Waals surface area contributed by atoms with Crippen LogP contribution in [0.25, 0.3) is 6.08 Å². The van der Waals surface area contributed by atoms with Gasteiger partial charge in [0.2, 0.25) is 5.76 Å². The van der Waals surface area contributed by atoms with Gasteiger partial charge in [-0.05, 0) is 57.4 Å². The Morgan fingerprint density at radius 2 is 1.69 bits per heavy atom. The SMILES string of the molecule is CC(=O)OC[C@@]12[C@@H](OC(=O)/C=C\c3ccccc3)CC[C@](C)(O)[C@@]13OC(C)(C)[C@@H](C3O)[C@@H](OC(C)=O)[C@H]2OC(=O)c1ccco1. The number of carbonyl (C=O) groups is 4. The van der Waals surface area contributed by atoms with Gasteiger partial charge in [-0.15, -0.1) is 0 Å². The van der Waals surface area contributed by atoms with Gasteiger partial charge in [0, 0.05) is 19.9 Å². The van der Waals surface area contributed by atoms with E-state index in [9.17, 15) is 29.4 Å². The maximum atomic E-state index is 13.5. The standard InChI is InChI=1S/C33H38O12/c1-19(34)41-18-32-23(43-24(36)14-13-21-10-7-6-8-11-21)15-16-31(5,39)33(32)27(37)25(30(3,4)45-33)26(42-20(2)35)28(32)44-29(38)22-12-9-17-40-22/h6-14,17,23,25-28,37,39H,15-16,18H2,1-5H3/b14-13-/t23-,25+,26+,27?,28+,31-,32-,33+/m0/s1. The molecule has 45 heavy (non-hydrogen) atoms. The first-order valence-electron chi connectivity index (χ1n) is 14.8. The summed E-state index contributed by atoms with van der Waals surface area (Å²) in [7, 11) is 0. The molecule has 8 atom stereocenters. The fourth-order valence-electron chi connectivity index (χ4n) is 7.66. The Bertz CT molecular complexity index is 1460. The third kappa shape index (κ3) is 5.34. The van der Waals surface area contributed by atoms with Crippen molar-refractivity contribution in [2.24, 2.45) is 11.3 Å². The van der Waals surface area contributed by atoms with E-state index in [0.717, 1.165) is 19.4 Å². The van der Waals surface area contributed by atoms with Crippen molar-refractivity contribution in [3.63, 3.8) is 0 Å². The van der Waals surface area contributed by atoms with E-state index < -0.39 is 83.0 Å².